The summed E-state index contributed by atoms with van der Waals surface area (Å²) < 4.78 is 5.46. The van der Waals surface area contributed by atoms with Gasteiger partial charge in [-0.3, -0.25) is 15.0 Å². The predicted octanol–water partition coefficient (Wildman–Crippen LogP) is 2.15. The molecule has 1 aliphatic heterocycles. The van der Waals surface area contributed by atoms with Gasteiger partial charge in [0.05, 0.1) is 36.7 Å². The lowest BCUT2D eigenvalue weighted by atomic mass is 10.1. The van der Waals surface area contributed by atoms with Gasteiger partial charge in [-0.25, -0.2) is 4.79 Å². The third kappa shape index (κ3) is 4.07. The number of fused-ring (bicyclic) bond motifs is 1. The lowest BCUT2D eigenvalue weighted by Gasteiger charge is -2.34. The van der Waals surface area contributed by atoms with Crippen molar-refractivity contribution in [2.75, 3.05) is 38.2 Å². The Hall–Kier alpha value is -2.97. The van der Waals surface area contributed by atoms with Gasteiger partial charge in [0.25, 0.3) is 0 Å². The van der Waals surface area contributed by atoms with Gasteiger partial charge in [0.15, 0.2) is 0 Å². The first-order chi connectivity index (χ1) is 13.3. The first-order valence-corrected chi connectivity index (χ1v) is 9.00. The van der Waals surface area contributed by atoms with E-state index in [4.69, 9.17) is 4.74 Å². The molecule has 8 heteroatoms. The van der Waals surface area contributed by atoms with E-state index in [-0.39, 0.29) is 12.1 Å². The Morgan fingerprint density at radius 3 is 2.93 bits per heavy atom. The maximum atomic E-state index is 12.5. The van der Waals surface area contributed by atoms with Gasteiger partial charge in [-0.05, 0) is 17.7 Å². The van der Waals surface area contributed by atoms with E-state index in [0.29, 0.717) is 25.4 Å². The minimum atomic E-state index is -0.251. The summed E-state index contributed by atoms with van der Waals surface area (Å²) in [6.45, 7) is 3.54. The van der Waals surface area contributed by atoms with E-state index < -0.39 is 0 Å². The highest BCUT2D eigenvalue weighted by atomic mass is 16.5. The van der Waals surface area contributed by atoms with Gasteiger partial charge in [0, 0.05) is 37.4 Å². The maximum absolute atomic E-state index is 12.5. The van der Waals surface area contributed by atoms with Crippen LogP contribution in [0.15, 0.2) is 48.9 Å². The topological polar surface area (TPSA) is 95.2 Å². The molecular formula is C19H22N6O2. The number of morpholine rings is 1. The number of urea groups is 1. The Bertz CT molecular complexity index is 891. The number of amides is 2. The zero-order valence-corrected chi connectivity index (χ0v) is 14.9. The van der Waals surface area contributed by atoms with Gasteiger partial charge in [0.2, 0.25) is 0 Å². The molecule has 1 aromatic carbocycles. The number of aromatic nitrogens is 3. The minimum absolute atomic E-state index is 0.0521. The number of nitrogens with zero attached hydrogens (tertiary/aromatic N) is 3. The summed E-state index contributed by atoms with van der Waals surface area (Å²) in [6.07, 6.45) is 5.34. The van der Waals surface area contributed by atoms with Crippen LogP contribution in [0.25, 0.3) is 10.9 Å². The smallest absolute Gasteiger partial charge is 0.319 e. The van der Waals surface area contributed by atoms with E-state index in [0.717, 1.165) is 29.6 Å². The zero-order valence-electron chi connectivity index (χ0n) is 14.9. The number of carbonyl (C=O) groups is 1. The lowest BCUT2D eigenvalue weighted by Crippen LogP contribution is -2.44. The van der Waals surface area contributed by atoms with Crippen molar-refractivity contribution in [1.29, 1.82) is 0 Å². The molecule has 0 radical (unpaired) electrons. The van der Waals surface area contributed by atoms with Gasteiger partial charge < -0.3 is 15.4 Å². The number of hydrogen-bond donors (Lipinski definition) is 3. The normalized spacial score (nSPS) is 16.1. The number of ether oxygens (including phenoxy) is 1. The Morgan fingerprint density at radius 2 is 2.11 bits per heavy atom. The number of nitrogens with one attached hydrogen (secondary N) is 3. The van der Waals surface area contributed by atoms with Crippen LogP contribution in [0.2, 0.25) is 0 Å². The third-order valence-corrected chi connectivity index (χ3v) is 4.74. The number of para-hydroxylation sites is 1. The number of H-pyrrole nitrogens is 1. The summed E-state index contributed by atoms with van der Waals surface area (Å²) in [6, 6.07) is 9.44. The molecule has 3 aromatic rings. The summed E-state index contributed by atoms with van der Waals surface area (Å²) in [5.74, 6) is 0. The molecule has 0 aliphatic carbocycles. The second-order valence-electron chi connectivity index (χ2n) is 6.43. The number of rotatable bonds is 5. The average Bonchev–Trinajstić information content (AvgIpc) is 3.20. The van der Waals surface area contributed by atoms with Crippen LogP contribution in [-0.2, 0) is 4.74 Å². The van der Waals surface area contributed by atoms with E-state index in [9.17, 15) is 4.79 Å². The van der Waals surface area contributed by atoms with Crippen LogP contribution in [0.3, 0.4) is 0 Å². The molecule has 2 amide bonds. The molecule has 8 nitrogen and oxygen atoms in total. The standard InChI is InChI=1S/C19H22N6O2/c26-19(23-16-5-1-3-15-12-22-24-18(15)16)21-13-17(14-4-2-6-20-11-14)25-7-9-27-10-8-25/h1-6,11-12,17H,7-10,13H2,(H,22,24)(H2,21,23,26). The summed E-state index contributed by atoms with van der Waals surface area (Å²) >= 11 is 0. The van der Waals surface area contributed by atoms with Crippen LogP contribution in [-0.4, -0.2) is 59.0 Å². The van der Waals surface area contributed by atoms with Crippen LogP contribution >= 0.6 is 0 Å². The fourth-order valence-corrected chi connectivity index (χ4v) is 3.35. The van der Waals surface area contributed by atoms with Crippen molar-refractivity contribution in [3.63, 3.8) is 0 Å². The van der Waals surface area contributed by atoms with Crippen molar-refractivity contribution < 1.29 is 9.53 Å². The highest BCUT2D eigenvalue weighted by Gasteiger charge is 2.23. The molecule has 1 aliphatic rings. The number of pyridine rings is 1. The highest BCUT2D eigenvalue weighted by Crippen LogP contribution is 2.22. The predicted molar refractivity (Wildman–Crippen MR) is 102 cm³/mol. The Labute approximate surface area is 156 Å². The molecule has 1 atom stereocenters. The van der Waals surface area contributed by atoms with Crippen molar-refractivity contribution >= 4 is 22.6 Å². The largest absolute Gasteiger partial charge is 0.379 e. The van der Waals surface area contributed by atoms with Crippen LogP contribution in [0.1, 0.15) is 11.6 Å². The first-order valence-electron chi connectivity index (χ1n) is 9.00. The molecule has 0 bridgehead atoms. The van der Waals surface area contributed by atoms with E-state index >= 15 is 0 Å². The molecule has 1 saturated heterocycles. The molecule has 1 fully saturated rings. The molecule has 1 unspecified atom stereocenters. The summed E-state index contributed by atoms with van der Waals surface area (Å²) in [5, 5.41) is 13.8. The van der Waals surface area contributed by atoms with Gasteiger partial charge in [-0.1, -0.05) is 18.2 Å². The fourth-order valence-electron chi connectivity index (χ4n) is 3.35. The Balaban J connectivity index is 1.44. The van der Waals surface area contributed by atoms with Crippen molar-refractivity contribution in [2.24, 2.45) is 0 Å². The summed E-state index contributed by atoms with van der Waals surface area (Å²) in [4.78, 5) is 19.0. The molecule has 4 rings (SSSR count). The van der Waals surface area contributed by atoms with Crippen molar-refractivity contribution in [3.8, 4) is 0 Å². The number of aromatic amines is 1. The maximum Gasteiger partial charge on any atom is 0.319 e. The Morgan fingerprint density at radius 1 is 1.22 bits per heavy atom. The SMILES string of the molecule is O=C(NCC(c1cccnc1)N1CCOCC1)Nc1cccc2cn[nH]c12. The monoisotopic (exact) mass is 366 g/mol. The van der Waals surface area contributed by atoms with Crippen LogP contribution < -0.4 is 10.6 Å². The van der Waals surface area contributed by atoms with Crippen molar-refractivity contribution in [2.45, 2.75) is 6.04 Å². The molecule has 3 N–H and O–H groups in total. The van der Waals surface area contributed by atoms with E-state index in [1.807, 2.05) is 36.5 Å². The molecule has 140 valence electrons. The number of anilines is 1. The molecule has 27 heavy (non-hydrogen) atoms. The second kappa shape index (κ2) is 8.15. The molecule has 0 saturated carbocycles. The molecule has 3 heterocycles. The van der Waals surface area contributed by atoms with Crippen LogP contribution in [0.5, 0.6) is 0 Å². The van der Waals surface area contributed by atoms with E-state index in [1.54, 1.807) is 12.4 Å². The fraction of sp³-hybridized carbons (Fsp3) is 0.316. The second-order valence-corrected chi connectivity index (χ2v) is 6.43. The van der Waals surface area contributed by atoms with E-state index in [2.05, 4.69) is 30.7 Å². The summed E-state index contributed by atoms with van der Waals surface area (Å²) in [5.41, 5.74) is 2.59. The third-order valence-electron chi connectivity index (χ3n) is 4.74. The quantitative estimate of drug-likeness (QED) is 0.643. The average molecular weight is 366 g/mol. The molecule has 2 aromatic heterocycles. The molecule has 0 spiro atoms. The van der Waals surface area contributed by atoms with Gasteiger partial charge in [0.1, 0.15) is 0 Å². The van der Waals surface area contributed by atoms with Crippen molar-refractivity contribution in [1.82, 2.24) is 25.4 Å². The van der Waals surface area contributed by atoms with Crippen molar-refractivity contribution in [3.05, 3.63) is 54.5 Å². The van der Waals surface area contributed by atoms with E-state index in [1.165, 1.54) is 0 Å². The van der Waals surface area contributed by atoms with Gasteiger partial charge >= 0.3 is 6.03 Å². The summed E-state index contributed by atoms with van der Waals surface area (Å²) in [7, 11) is 0. The van der Waals surface area contributed by atoms with Gasteiger partial charge in [-0.2, -0.15) is 5.10 Å². The number of benzene rings is 1. The lowest BCUT2D eigenvalue weighted by molar-refractivity contribution is 0.0167. The van der Waals surface area contributed by atoms with Gasteiger partial charge in [-0.15, -0.1) is 0 Å². The number of carbonyl (C=O) groups excluding carboxylic acids is 1. The van der Waals surface area contributed by atoms with Crippen LogP contribution in [0, 0.1) is 0 Å². The molecular weight excluding hydrogens is 344 g/mol. The van der Waals surface area contributed by atoms with Crippen LogP contribution in [0.4, 0.5) is 10.5 Å². The Kier molecular flexibility index (Phi) is 5.27. The zero-order chi connectivity index (χ0) is 18.5. The number of hydrogen-bond acceptors (Lipinski definition) is 5. The minimum Gasteiger partial charge on any atom is -0.379 e. The first kappa shape index (κ1) is 17.4. The highest BCUT2D eigenvalue weighted by molar-refractivity contribution is 5.99.